The van der Waals surface area contributed by atoms with Gasteiger partial charge in [-0.25, -0.2) is 4.39 Å². The molecule has 0 aromatic heterocycles. The monoisotopic (exact) mass is 346 g/mol. The fraction of sp³-hybridized carbons (Fsp3) is 0.538. The molecule has 2 nitrogen and oxygen atoms in total. The van der Waals surface area contributed by atoms with Crippen LogP contribution in [0.1, 0.15) is 17.2 Å². The molecule has 0 unspecified atom stereocenters. The molecule has 0 amide bonds. The first-order valence-electron chi connectivity index (χ1n) is 6.31. The van der Waals surface area contributed by atoms with Crippen LogP contribution in [0, 0.1) is 0 Å². The van der Waals surface area contributed by atoms with Gasteiger partial charge in [-0.1, -0.05) is 17.7 Å². The minimum Gasteiger partial charge on any atom is -0.314 e. The quantitative estimate of drug-likeness (QED) is 0.839. The fourth-order valence-corrected chi connectivity index (χ4v) is 2.77. The Morgan fingerprint density at radius 3 is 2.38 bits per heavy atom. The van der Waals surface area contributed by atoms with Gasteiger partial charge >= 0.3 is 6.18 Å². The Morgan fingerprint density at radius 2 is 1.86 bits per heavy atom. The van der Waals surface area contributed by atoms with Crippen LogP contribution in [-0.4, -0.2) is 37.8 Å². The summed E-state index contributed by atoms with van der Waals surface area (Å²) in [7, 11) is 0. The molecular formula is C13H16Cl2F4N2. The lowest BCUT2D eigenvalue weighted by atomic mass is 9.98. The zero-order valence-corrected chi connectivity index (χ0v) is 12.7. The zero-order chi connectivity index (χ0) is 14.8. The largest absolute Gasteiger partial charge is 0.416 e. The van der Waals surface area contributed by atoms with Gasteiger partial charge in [-0.05, 0) is 12.1 Å². The van der Waals surface area contributed by atoms with Crippen molar-refractivity contribution in [1.29, 1.82) is 0 Å². The van der Waals surface area contributed by atoms with Gasteiger partial charge in [0.2, 0.25) is 0 Å². The maximum absolute atomic E-state index is 13.4. The first-order valence-corrected chi connectivity index (χ1v) is 6.69. The second-order valence-electron chi connectivity index (χ2n) is 4.65. The molecule has 120 valence electrons. The number of rotatable bonds is 3. The second kappa shape index (κ2) is 7.63. The van der Waals surface area contributed by atoms with E-state index in [4.69, 9.17) is 11.6 Å². The van der Waals surface area contributed by atoms with E-state index in [0.717, 1.165) is 6.07 Å². The number of nitrogens with one attached hydrogen (secondary N) is 1. The number of hydrogen-bond donors (Lipinski definition) is 1. The van der Waals surface area contributed by atoms with E-state index < -0.39 is 24.5 Å². The van der Waals surface area contributed by atoms with Crippen LogP contribution >= 0.6 is 24.0 Å². The number of hydrogen-bond acceptors (Lipinski definition) is 2. The van der Waals surface area contributed by atoms with Gasteiger partial charge in [-0.2, -0.15) is 13.2 Å². The normalized spacial score (nSPS) is 18.1. The maximum Gasteiger partial charge on any atom is 0.416 e. The highest BCUT2D eigenvalue weighted by molar-refractivity contribution is 6.31. The van der Waals surface area contributed by atoms with Crippen molar-refractivity contribution in [3.8, 4) is 0 Å². The smallest absolute Gasteiger partial charge is 0.314 e. The minimum absolute atomic E-state index is 0. The van der Waals surface area contributed by atoms with Crippen molar-refractivity contribution in [1.82, 2.24) is 10.2 Å². The summed E-state index contributed by atoms with van der Waals surface area (Å²) < 4.78 is 52.6. The van der Waals surface area contributed by atoms with Gasteiger partial charge < -0.3 is 5.32 Å². The van der Waals surface area contributed by atoms with Crippen LogP contribution in [-0.2, 0) is 6.18 Å². The number of piperazine rings is 1. The van der Waals surface area contributed by atoms with Gasteiger partial charge in [0.25, 0.3) is 0 Å². The average molecular weight is 347 g/mol. The summed E-state index contributed by atoms with van der Waals surface area (Å²) in [5, 5.41) is 3.04. The predicted octanol–water partition coefficient (Wildman–Crippen LogP) is 3.70. The number of benzene rings is 1. The highest BCUT2D eigenvalue weighted by Gasteiger charge is 2.38. The lowest BCUT2D eigenvalue weighted by Crippen LogP contribution is -2.46. The molecule has 0 bridgehead atoms. The molecule has 8 heteroatoms. The molecular weight excluding hydrogens is 331 g/mol. The molecule has 1 heterocycles. The molecule has 0 aliphatic carbocycles. The Balaban J connectivity index is 0.00000220. The van der Waals surface area contributed by atoms with Gasteiger partial charge in [0.15, 0.2) is 0 Å². The van der Waals surface area contributed by atoms with Crippen LogP contribution in [0.15, 0.2) is 18.2 Å². The molecule has 0 spiro atoms. The van der Waals surface area contributed by atoms with E-state index >= 15 is 0 Å². The Hall–Kier alpha value is -0.560. The first-order chi connectivity index (χ1) is 9.45. The molecule has 1 aliphatic rings. The van der Waals surface area contributed by atoms with E-state index in [0.29, 0.717) is 26.2 Å². The molecule has 1 N–H and O–H groups in total. The van der Waals surface area contributed by atoms with E-state index in [9.17, 15) is 17.6 Å². The maximum atomic E-state index is 13.4. The topological polar surface area (TPSA) is 15.3 Å². The summed E-state index contributed by atoms with van der Waals surface area (Å²) in [6.45, 7) is 1.35. The Morgan fingerprint density at radius 1 is 1.24 bits per heavy atom. The lowest BCUT2D eigenvalue weighted by Gasteiger charge is -2.35. The molecule has 21 heavy (non-hydrogen) atoms. The molecule has 1 atom stereocenters. The standard InChI is InChI=1S/C13H15ClF4N2.ClH/c14-10-3-1-2-9(13(16,17)18)12(10)11(8-15)20-6-4-19-5-7-20;/h1-3,11,19H,4-8H2;1H/t11-;/m0./s1. The van der Waals surface area contributed by atoms with Crippen molar-refractivity contribution in [2.75, 3.05) is 32.9 Å². The van der Waals surface area contributed by atoms with Gasteiger partial charge in [0.1, 0.15) is 6.67 Å². The number of nitrogens with zero attached hydrogens (tertiary/aromatic N) is 1. The third kappa shape index (κ3) is 4.22. The molecule has 2 rings (SSSR count). The Kier molecular flexibility index (Phi) is 6.71. The molecule has 0 radical (unpaired) electrons. The van der Waals surface area contributed by atoms with Crippen molar-refractivity contribution in [3.63, 3.8) is 0 Å². The number of halogens is 6. The van der Waals surface area contributed by atoms with Crippen molar-refractivity contribution < 1.29 is 17.6 Å². The van der Waals surface area contributed by atoms with Crippen LogP contribution in [0.25, 0.3) is 0 Å². The molecule has 1 aromatic rings. The third-order valence-corrected chi connectivity index (χ3v) is 3.76. The molecule has 1 saturated heterocycles. The van der Waals surface area contributed by atoms with E-state index in [1.165, 1.54) is 12.1 Å². The third-order valence-electron chi connectivity index (χ3n) is 3.43. The Labute approximate surface area is 131 Å². The fourth-order valence-electron chi connectivity index (χ4n) is 2.47. The van der Waals surface area contributed by atoms with Gasteiger partial charge in [-0.3, -0.25) is 4.90 Å². The van der Waals surface area contributed by atoms with Crippen LogP contribution in [0.3, 0.4) is 0 Å². The minimum atomic E-state index is -4.54. The van der Waals surface area contributed by atoms with Crippen LogP contribution in [0.5, 0.6) is 0 Å². The van der Waals surface area contributed by atoms with Gasteiger partial charge in [0, 0.05) is 36.8 Å². The van der Waals surface area contributed by atoms with E-state index in [1.54, 1.807) is 4.90 Å². The van der Waals surface area contributed by atoms with Crippen molar-refractivity contribution in [2.45, 2.75) is 12.2 Å². The highest BCUT2D eigenvalue weighted by atomic mass is 35.5. The van der Waals surface area contributed by atoms with Crippen molar-refractivity contribution >= 4 is 24.0 Å². The van der Waals surface area contributed by atoms with Crippen molar-refractivity contribution in [2.24, 2.45) is 0 Å². The van der Waals surface area contributed by atoms with Crippen molar-refractivity contribution in [3.05, 3.63) is 34.3 Å². The summed E-state index contributed by atoms with van der Waals surface area (Å²) >= 11 is 5.92. The van der Waals surface area contributed by atoms with Crippen LogP contribution in [0.2, 0.25) is 5.02 Å². The predicted molar refractivity (Wildman–Crippen MR) is 76.9 cm³/mol. The Bertz CT molecular complexity index is 462. The van der Waals surface area contributed by atoms with Crippen LogP contribution < -0.4 is 5.32 Å². The molecule has 1 aromatic carbocycles. The number of alkyl halides is 4. The highest BCUT2D eigenvalue weighted by Crippen LogP contribution is 2.40. The summed E-state index contributed by atoms with van der Waals surface area (Å²) in [4.78, 5) is 1.70. The van der Waals surface area contributed by atoms with E-state index in [1.807, 2.05) is 0 Å². The molecule has 0 saturated carbocycles. The lowest BCUT2D eigenvalue weighted by molar-refractivity contribution is -0.138. The first kappa shape index (κ1) is 18.5. The van der Waals surface area contributed by atoms with Gasteiger partial charge in [-0.15, -0.1) is 12.4 Å². The summed E-state index contributed by atoms with van der Waals surface area (Å²) in [6.07, 6.45) is -4.54. The van der Waals surface area contributed by atoms with Gasteiger partial charge in [0.05, 0.1) is 11.6 Å². The van der Waals surface area contributed by atoms with E-state index in [2.05, 4.69) is 5.32 Å². The second-order valence-corrected chi connectivity index (χ2v) is 5.06. The summed E-state index contributed by atoms with van der Waals surface area (Å²) in [5.41, 5.74) is -1.02. The zero-order valence-electron chi connectivity index (χ0n) is 11.1. The van der Waals surface area contributed by atoms with Crippen LogP contribution in [0.4, 0.5) is 17.6 Å². The summed E-state index contributed by atoms with van der Waals surface area (Å²) in [5.74, 6) is 0. The molecule has 1 aliphatic heterocycles. The average Bonchev–Trinajstić information content (AvgIpc) is 2.41. The molecule has 1 fully saturated rings. The SMILES string of the molecule is Cl.FC[C@@H](c1c(Cl)cccc1C(F)(F)F)N1CCNCC1. The summed E-state index contributed by atoms with van der Waals surface area (Å²) in [6, 6.07) is 2.60. The van der Waals surface area contributed by atoms with E-state index in [-0.39, 0.29) is 23.0 Å².